The number of nitrogens with zero attached hydrogens (tertiary/aromatic N) is 1. The van der Waals surface area contributed by atoms with Crippen molar-refractivity contribution in [2.24, 2.45) is 0 Å². The third-order valence-corrected chi connectivity index (χ3v) is 9.69. The van der Waals surface area contributed by atoms with E-state index < -0.39 is 30.1 Å². The first-order valence-corrected chi connectivity index (χ1v) is 17.9. The van der Waals surface area contributed by atoms with Gasteiger partial charge < -0.3 is 39.4 Å². The van der Waals surface area contributed by atoms with Gasteiger partial charge in [-0.3, -0.25) is 14.4 Å². The molecule has 11 nitrogen and oxygen atoms in total. The molecule has 2 aromatic rings. The quantitative estimate of drug-likeness (QED) is 0.120. The number of carbonyl (C=O) groups excluding carboxylic acids is 3. The SMILES string of the molecule is CCCCCCCCCCCC(=O)N(CCc1cc(OC)ccc1OC)[C@@H]1C=C(C(=O)NCCO)[C@@H]2c3cc(C=O)cc(OC)c3O[C@@H]2[C@H]1O. The summed E-state index contributed by atoms with van der Waals surface area (Å²) in [6, 6.07) is 7.77. The lowest BCUT2D eigenvalue weighted by atomic mass is 9.77. The molecule has 0 radical (unpaired) electrons. The highest BCUT2D eigenvalue weighted by Crippen LogP contribution is 2.51. The minimum Gasteiger partial charge on any atom is -0.497 e. The number of rotatable bonds is 21. The van der Waals surface area contributed by atoms with Crippen molar-refractivity contribution in [1.29, 1.82) is 0 Å². The van der Waals surface area contributed by atoms with Gasteiger partial charge in [0.2, 0.25) is 11.8 Å². The van der Waals surface area contributed by atoms with E-state index in [0.29, 0.717) is 59.7 Å². The highest BCUT2D eigenvalue weighted by Gasteiger charge is 2.51. The summed E-state index contributed by atoms with van der Waals surface area (Å²) < 4.78 is 22.9. The number of methoxy groups -OCH3 is 3. The number of unbranched alkanes of at least 4 members (excludes halogenated alkanes) is 8. The van der Waals surface area contributed by atoms with Crippen molar-refractivity contribution >= 4 is 18.1 Å². The van der Waals surface area contributed by atoms with Crippen LogP contribution in [0.3, 0.4) is 0 Å². The minimum absolute atomic E-state index is 0.0169. The van der Waals surface area contributed by atoms with Gasteiger partial charge in [-0.15, -0.1) is 0 Å². The van der Waals surface area contributed by atoms with Crippen LogP contribution in [0.2, 0.25) is 0 Å². The average molecular weight is 695 g/mol. The highest BCUT2D eigenvalue weighted by atomic mass is 16.5. The molecule has 2 amide bonds. The Balaban J connectivity index is 1.65. The molecule has 1 aliphatic carbocycles. The van der Waals surface area contributed by atoms with Gasteiger partial charge in [-0.1, -0.05) is 58.3 Å². The van der Waals surface area contributed by atoms with E-state index in [9.17, 15) is 24.6 Å². The first-order chi connectivity index (χ1) is 24.3. The number of fused-ring (bicyclic) bond motifs is 3. The molecular weight excluding hydrogens is 640 g/mol. The molecule has 0 saturated heterocycles. The van der Waals surface area contributed by atoms with Crippen molar-refractivity contribution in [3.63, 3.8) is 0 Å². The van der Waals surface area contributed by atoms with Gasteiger partial charge in [0.05, 0.1) is 39.9 Å². The van der Waals surface area contributed by atoms with Crippen LogP contribution in [-0.4, -0.2) is 92.5 Å². The Hall–Kier alpha value is -4.09. The monoisotopic (exact) mass is 694 g/mol. The molecule has 0 saturated carbocycles. The molecule has 1 aliphatic heterocycles. The van der Waals surface area contributed by atoms with E-state index in [1.807, 2.05) is 12.1 Å². The van der Waals surface area contributed by atoms with E-state index in [2.05, 4.69) is 12.2 Å². The number of hydrogen-bond donors (Lipinski definition) is 3. The Morgan fingerprint density at radius 3 is 2.28 bits per heavy atom. The molecular formula is C39H54N2O9. The van der Waals surface area contributed by atoms with E-state index in [4.69, 9.17) is 18.9 Å². The van der Waals surface area contributed by atoms with Crippen molar-refractivity contribution in [3.05, 3.63) is 58.7 Å². The number of hydrogen-bond acceptors (Lipinski definition) is 9. The first-order valence-electron chi connectivity index (χ1n) is 17.9. The zero-order chi connectivity index (χ0) is 36.0. The predicted molar refractivity (Wildman–Crippen MR) is 190 cm³/mol. The maximum absolute atomic E-state index is 14.1. The second kappa shape index (κ2) is 19.3. The van der Waals surface area contributed by atoms with Crippen LogP contribution in [0.15, 0.2) is 42.0 Å². The number of benzene rings is 2. The van der Waals surface area contributed by atoms with Gasteiger partial charge in [-0.25, -0.2) is 0 Å². The van der Waals surface area contributed by atoms with Crippen LogP contribution >= 0.6 is 0 Å². The Labute approximate surface area is 295 Å². The second-order valence-electron chi connectivity index (χ2n) is 13.0. The van der Waals surface area contributed by atoms with Gasteiger partial charge in [-0.2, -0.15) is 0 Å². The van der Waals surface area contributed by atoms with Gasteiger partial charge in [-0.05, 0) is 54.8 Å². The van der Waals surface area contributed by atoms with Gasteiger partial charge in [0.1, 0.15) is 30.0 Å². The van der Waals surface area contributed by atoms with Gasteiger partial charge in [0.15, 0.2) is 11.5 Å². The van der Waals surface area contributed by atoms with E-state index in [1.165, 1.54) is 39.2 Å². The summed E-state index contributed by atoms with van der Waals surface area (Å²) >= 11 is 0. The van der Waals surface area contributed by atoms with Crippen LogP contribution in [0, 0.1) is 0 Å². The number of amides is 2. The topological polar surface area (TPSA) is 144 Å². The largest absolute Gasteiger partial charge is 0.497 e. The van der Waals surface area contributed by atoms with E-state index >= 15 is 0 Å². The van der Waals surface area contributed by atoms with Gasteiger partial charge in [0.25, 0.3) is 0 Å². The summed E-state index contributed by atoms with van der Waals surface area (Å²) in [5.74, 6) is 0.602. The van der Waals surface area contributed by atoms with Crippen molar-refractivity contribution in [2.75, 3.05) is 41.0 Å². The van der Waals surface area contributed by atoms with Crippen molar-refractivity contribution in [3.8, 4) is 23.0 Å². The lowest BCUT2D eigenvalue weighted by Gasteiger charge is -2.41. The molecule has 0 aromatic heterocycles. The minimum atomic E-state index is -1.22. The number of aldehydes is 1. The van der Waals surface area contributed by atoms with Crippen LogP contribution in [0.1, 0.15) is 98.5 Å². The van der Waals surface area contributed by atoms with Crippen LogP contribution in [0.25, 0.3) is 0 Å². The zero-order valence-corrected chi connectivity index (χ0v) is 29.9. The molecule has 11 heteroatoms. The Morgan fingerprint density at radius 2 is 1.64 bits per heavy atom. The lowest BCUT2D eigenvalue weighted by Crippen LogP contribution is -2.56. The zero-order valence-electron chi connectivity index (χ0n) is 29.9. The fourth-order valence-electron chi connectivity index (χ4n) is 7.05. The van der Waals surface area contributed by atoms with Crippen molar-refractivity contribution in [1.82, 2.24) is 10.2 Å². The molecule has 274 valence electrons. The summed E-state index contributed by atoms with van der Waals surface area (Å²) in [5.41, 5.74) is 1.98. The molecule has 0 unspecified atom stereocenters. The molecule has 50 heavy (non-hydrogen) atoms. The third kappa shape index (κ3) is 9.37. The Bertz CT molecular complexity index is 1480. The summed E-state index contributed by atoms with van der Waals surface area (Å²) in [7, 11) is 4.63. The fourth-order valence-corrected chi connectivity index (χ4v) is 7.05. The van der Waals surface area contributed by atoms with Crippen LogP contribution in [-0.2, 0) is 16.0 Å². The van der Waals surface area contributed by atoms with Gasteiger partial charge >= 0.3 is 0 Å². The molecule has 2 aromatic carbocycles. The summed E-state index contributed by atoms with van der Waals surface area (Å²) in [5, 5.41) is 24.2. The van der Waals surface area contributed by atoms with Gasteiger partial charge in [0, 0.05) is 36.2 Å². The number of aliphatic hydroxyl groups is 2. The number of ether oxygens (including phenoxy) is 4. The van der Waals surface area contributed by atoms with Crippen molar-refractivity contribution in [2.45, 2.75) is 102 Å². The fraction of sp³-hybridized carbons (Fsp3) is 0.564. The van der Waals surface area contributed by atoms with E-state index in [-0.39, 0.29) is 31.2 Å². The summed E-state index contributed by atoms with van der Waals surface area (Å²) in [6.45, 7) is 2.19. The molecule has 4 rings (SSSR count). The second-order valence-corrected chi connectivity index (χ2v) is 13.0. The first kappa shape index (κ1) is 38.7. The van der Waals surface area contributed by atoms with Crippen LogP contribution < -0.4 is 24.3 Å². The van der Waals surface area contributed by atoms with Crippen LogP contribution in [0.5, 0.6) is 23.0 Å². The average Bonchev–Trinajstić information content (AvgIpc) is 3.53. The standard InChI is InChI=1S/C39H54N2O9/c1-5-6-7-8-9-10-11-12-13-14-34(44)41(19-17-27-23-28(47-2)15-16-32(27)48-3)31-24-30(39(46)40-18-20-42)35-29-21-26(25-43)22-33(49-4)37(29)50-38(35)36(31)45/h15-16,21-25,31,35-36,38,42,45H,5-14,17-20H2,1-4H3,(H,40,46)/t31-,35+,36+,38+/m1/s1. The summed E-state index contributed by atoms with van der Waals surface area (Å²) in [4.78, 5) is 41.3. The molecule has 4 atom stereocenters. The molecule has 1 heterocycles. The molecule has 0 spiro atoms. The molecule has 3 N–H and O–H groups in total. The van der Waals surface area contributed by atoms with Crippen molar-refractivity contribution < 1.29 is 43.5 Å². The molecule has 0 bridgehead atoms. The molecule has 0 fully saturated rings. The number of nitrogens with one attached hydrogen (secondary N) is 1. The smallest absolute Gasteiger partial charge is 0.247 e. The van der Waals surface area contributed by atoms with E-state index in [0.717, 1.165) is 24.8 Å². The third-order valence-electron chi connectivity index (χ3n) is 9.69. The Morgan fingerprint density at radius 1 is 0.940 bits per heavy atom. The normalized spacial score (nSPS) is 19.0. The number of aliphatic hydroxyl groups excluding tert-OH is 2. The predicted octanol–water partition coefficient (Wildman–Crippen LogP) is 5.14. The maximum atomic E-state index is 14.1. The van der Waals surface area contributed by atoms with Crippen LogP contribution in [0.4, 0.5) is 0 Å². The number of carbonyl (C=O) groups is 3. The molecule has 2 aliphatic rings. The Kier molecular flexibility index (Phi) is 15.0. The maximum Gasteiger partial charge on any atom is 0.247 e. The summed E-state index contributed by atoms with van der Waals surface area (Å²) in [6.07, 6.45) is 10.9. The van der Waals surface area contributed by atoms with E-state index in [1.54, 1.807) is 43.4 Å². The highest BCUT2D eigenvalue weighted by molar-refractivity contribution is 5.96. The lowest BCUT2D eigenvalue weighted by molar-refractivity contribution is -0.137.